The summed E-state index contributed by atoms with van der Waals surface area (Å²) in [5, 5.41) is 7.85. The minimum Gasteiger partial charge on any atom is -0.315 e. The molecule has 0 saturated carbocycles. The normalized spacial score (nSPS) is 14.6. The van der Waals surface area contributed by atoms with Crippen LogP contribution in [0.4, 0.5) is 0 Å². The summed E-state index contributed by atoms with van der Waals surface area (Å²) >= 11 is 0. The van der Waals surface area contributed by atoms with Crippen LogP contribution in [0, 0.1) is 5.92 Å². The fourth-order valence-corrected chi connectivity index (χ4v) is 1.14. The monoisotopic (exact) mass is 194 g/mol. The maximum atomic E-state index is 10.5. The van der Waals surface area contributed by atoms with Gasteiger partial charge in [-0.3, -0.25) is 0 Å². The average molecular weight is 194 g/mol. The molecule has 0 aromatic heterocycles. The van der Waals surface area contributed by atoms with Crippen molar-refractivity contribution in [3.63, 3.8) is 0 Å². The fraction of sp³-hybridized carbons (Fsp3) is 1.00. The van der Waals surface area contributed by atoms with Crippen LogP contribution in [0.25, 0.3) is 0 Å². The fourth-order valence-electron chi connectivity index (χ4n) is 0.707. The molecule has 0 saturated heterocycles. The van der Waals surface area contributed by atoms with Gasteiger partial charge in [0.05, 0.1) is 5.75 Å². The third kappa shape index (κ3) is 7.97. The first-order chi connectivity index (χ1) is 5.45. The van der Waals surface area contributed by atoms with E-state index in [9.17, 15) is 8.42 Å². The molecule has 5 heteroatoms. The second-order valence-electron chi connectivity index (χ2n) is 3.08. The first-order valence-corrected chi connectivity index (χ1v) is 5.88. The van der Waals surface area contributed by atoms with E-state index in [4.69, 9.17) is 5.14 Å². The van der Waals surface area contributed by atoms with E-state index in [1.54, 1.807) is 0 Å². The summed E-state index contributed by atoms with van der Waals surface area (Å²) in [6.07, 6.45) is 1.10. The summed E-state index contributed by atoms with van der Waals surface area (Å²) < 4.78 is 21.0. The minimum atomic E-state index is -3.29. The zero-order valence-corrected chi connectivity index (χ0v) is 8.52. The van der Waals surface area contributed by atoms with Crippen LogP contribution in [0.5, 0.6) is 0 Å². The summed E-state index contributed by atoms with van der Waals surface area (Å²) in [7, 11) is -3.29. The molecule has 12 heavy (non-hydrogen) atoms. The smallest absolute Gasteiger partial charge is 0.210 e. The molecule has 0 amide bonds. The van der Waals surface area contributed by atoms with Crippen LogP contribution in [-0.2, 0) is 10.0 Å². The van der Waals surface area contributed by atoms with Gasteiger partial charge >= 0.3 is 0 Å². The number of hydrogen-bond acceptors (Lipinski definition) is 3. The van der Waals surface area contributed by atoms with Crippen molar-refractivity contribution in [2.24, 2.45) is 11.1 Å². The Morgan fingerprint density at radius 1 is 1.50 bits per heavy atom. The maximum Gasteiger partial charge on any atom is 0.210 e. The SMILES string of the molecule is CCC(C)CNCCS(N)(=O)=O. The number of rotatable bonds is 6. The average Bonchev–Trinajstić information content (AvgIpc) is 1.96. The van der Waals surface area contributed by atoms with Crippen LogP contribution >= 0.6 is 0 Å². The van der Waals surface area contributed by atoms with Crippen LogP contribution in [0.1, 0.15) is 20.3 Å². The highest BCUT2D eigenvalue weighted by Gasteiger charge is 2.02. The summed E-state index contributed by atoms with van der Waals surface area (Å²) in [6, 6.07) is 0. The minimum absolute atomic E-state index is 0.0173. The van der Waals surface area contributed by atoms with Gasteiger partial charge in [0.2, 0.25) is 10.0 Å². The molecule has 4 nitrogen and oxygen atoms in total. The maximum absolute atomic E-state index is 10.5. The highest BCUT2D eigenvalue weighted by molar-refractivity contribution is 7.89. The number of primary sulfonamides is 1. The molecule has 0 aromatic carbocycles. The van der Waals surface area contributed by atoms with Gasteiger partial charge in [-0.1, -0.05) is 20.3 Å². The lowest BCUT2D eigenvalue weighted by Crippen LogP contribution is -2.29. The molecular formula is C7H18N2O2S. The van der Waals surface area contributed by atoms with Crippen molar-refractivity contribution in [1.29, 1.82) is 0 Å². The van der Waals surface area contributed by atoms with E-state index < -0.39 is 10.0 Å². The van der Waals surface area contributed by atoms with E-state index in [1.165, 1.54) is 0 Å². The van der Waals surface area contributed by atoms with Crippen LogP contribution in [-0.4, -0.2) is 27.3 Å². The first-order valence-electron chi connectivity index (χ1n) is 4.17. The Morgan fingerprint density at radius 2 is 2.08 bits per heavy atom. The Labute approximate surface area is 74.6 Å². The molecule has 1 atom stereocenters. The molecule has 0 bridgehead atoms. The molecule has 0 aromatic rings. The molecule has 0 fully saturated rings. The van der Waals surface area contributed by atoms with Gasteiger partial charge in [0, 0.05) is 6.54 Å². The Bertz CT molecular complexity index is 201. The molecule has 0 aliphatic heterocycles. The Morgan fingerprint density at radius 3 is 2.50 bits per heavy atom. The number of hydrogen-bond donors (Lipinski definition) is 2. The van der Waals surface area contributed by atoms with Gasteiger partial charge in [-0.25, -0.2) is 13.6 Å². The molecule has 0 spiro atoms. The van der Waals surface area contributed by atoms with Crippen LogP contribution < -0.4 is 10.5 Å². The van der Waals surface area contributed by atoms with Gasteiger partial charge in [0.25, 0.3) is 0 Å². The van der Waals surface area contributed by atoms with E-state index in [2.05, 4.69) is 19.2 Å². The molecule has 0 aliphatic rings. The van der Waals surface area contributed by atoms with Crippen molar-refractivity contribution >= 4 is 10.0 Å². The van der Waals surface area contributed by atoms with E-state index in [-0.39, 0.29) is 5.75 Å². The van der Waals surface area contributed by atoms with Gasteiger partial charge < -0.3 is 5.32 Å². The standard InChI is InChI=1S/C7H18N2O2S/c1-3-7(2)6-9-4-5-12(8,10)11/h7,9H,3-6H2,1-2H3,(H2,8,10,11). The van der Waals surface area contributed by atoms with Gasteiger partial charge in [-0.2, -0.15) is 0 Å². The first kappa shape index (κ1) is 11.9. The van der Waals surface area contributed by atoms with Crippen molar-refractivity contribution in [2.45, 2.75) is 20.3 Å². The summed E-state index contributed by atoms with van der Waals surface area (Å²) in [6.45, 7) is 5.52. The van der Waals surface area contributed by atoms with Crippen molar-refractivity contribution in [3.05, 3.63) is 0 Å². The molecule has 3 N–H and O–H groups in total. The zero-order chi connectivity index (χ0) is 9.61. The summed E-state index contributed by atoms with van der Waals surface area (Å²) in [5.41, 5.74) is 0. The molecule has 0 rings (SSSR count). The van der Waals surface area contributed by atoms with Crippen LogP contribution in [0.15, 0.2) is 0 Å². The molecule has 0 aliphatic carbocycles. The third-order valence-electron chi connectivity index (χ3n) is 1.75. The second kappa shape index (κ2) is 5.50. The van der Waals surface area contributed by atoms with Crippen molar-refractivity contribution < 1.29 is 8.42 Å². The highest BCUT2D eigenvalue weighted by atomic mass is 32.2. The quantitative estimate of drug-likeness (QED) is 0.580. The van der Waals surface area contributed by atoms with Crippen LogP contribution in [0.2, 0.25) is 0 Å². The lowest BCUT2D eigenvalue weighted by Gasteiger charge is -2.08. The highest BCUT2D eigenvalue weighted by Crippen LogP contribution is 1.96. The predicted molar refractivity (Wildman–Crippen MR) is 50.3 cm³/mol. The summed E-state index contributed by atoms with van der Waals surface area (Å²) in [4.78, 5) is 0. The van der Waals surface area contributed by atoms with Crippen molar-refractivity contribution in [1.82, 2.24) is 5.32 Å². The van der Waals surface area contributed by atoms with Gasteiger partial charge in [-0.05, 0) is 12.5 Å². The molecule has 0 radical (unpaired) electrons. The third-order valence-corrected chi connectivity index (χ3v) is 2.53. The zero-order valence-electron chi connectivity index (χ0n) is 7.71. The Balaban J connectivity index is 3.34. The molecular weight excluding hydrogens is 176 g/mol. The number of nitrogens with two attached hydrogens (primary N) is 1. The van der Waals surface area contributed by atoms with E-state index in [0.717, 1.165) is 13.0 Å². The Kier molecular flexibility index (Phi) is 5.44. The second-order valence-corrected chi connectivity index (χ2v) is 4.82. The molecule has 1 unspecified atom stereocenters. The van der Waals surface area contributed by atoms with E-state index in [1.807, 2.05) is 0 Å². The summed E-state index contributed by atoms with van der Waals surface area (Å²) in [5.74, 6) is 0.606. The van der Waals surface area contributed by atoms with Gasteiger partial charge in [0.15, 0.2) is 0 Å². The number of nitrogens with one attached hydrogen (secondary N) is 1. The van der Waals surface area contributed by atoms with Crippen LogP contribution in [0.3, 0.4) is 0 Å². The van der Waals surface area contributed by atoms with E-state index >= 15 is 0 Å². The van der Waals surface area contributed by atoms with E-state index in [0.29, 0.717) is 12.5 Å². The molecule has 0 heterocycles. The topological polar surface area (TPSA) is 72.2 Å². The van der Waals surface area contributed by atoms with Gasteiger partial charge in [-0.15, -0.1) is 0 Å². The Hall–Kier alpha value is -0.130. The largest absolute Gasteiger partial charge is 0.315 e. The van der Waals surface area contributed by atoms with Gasteiger partial charge in [0.1, 0.15) is 0 Å². The predicted octanol–water partition coefficient (Wildman–Crippen LogP) is -0.0894. The lowest BCUT2D eigenvalue weighted by molar-refractivity contribution is 0.508. The number of sulfonamides is 1. The molecule has 74 valence electrons. The van der Waals surface area contributed by atoms with Crippen molar-refractivity contribution in [3.8, 4) is 0 Å². The lowest BCUT2D eigenvalue weighted by atomic mass is 10.1. The van der Waals surface area contributed by atoms with Crippen molar-refractivity contribution in [2.75, 3.05) is 18.8 Å².